The lowest BCUT2D eigenvalue weighted by atomic mass is 9.78. The van der Waals surface area contributed by atoms with Crippen LogP contribution in [0.1, 0.15) is 41.4 Å². The Morgan fingerprint density at radius 3 is 2.76 bits per heavy atom. The summed E-state index contributed by atoms with van der Waals surface area (Å²) in [7, 11) is 0. The molecule has 1 saturated carbocycles. The van der Waals surface area contributed by atoms with Crippen LogP contribution in [0.25, 0.3) is 0 Å². The molecule has 2 aliphatic heterocycles. The molecule has 3 N–H and O–H groups in total. The predicted octanol–water partition coefficient (Wildman–Crippen LogP) is 3.18. The van der Waals surface area contributed by atoms with Crippen molar-refractivity contribution < 1.29 is 24.1 Å². The van der Waals surface area contributed by atoms with Crippen molar-refractivity contribution in [2.45, 2.75) is 36.8 Å². The molecule has 2 aromatic carbocycles. The summed E-state index contributed by atoms with van der Waals surface area (Å²) in [4.78, 5) is 11.8. The van der Waals surface area contributed by atoms with E-state index in [1.807, 2.05) is 0 Å². The van der Waals surface area contributed by atoms with Gasteiger partial charge in [-0.25, -0.2) is 9.18 Å². The van der Waals surface area contributed by atoms with Gasteiger partial charge in [-0.2, -0.15) is 0 Å². The minimum absolute atomic E-state index is 0.106. The van der Waals surface area contributed by atoms with E-state index in [0.717, 1.165) is 24.0 Å². The Morgan fingerprint density at radius 2 is 2.04 bits per heavy atom. The van der Waals surface area contributed by atoms with Crippen LogP contribution in [-0.4, -0.2) is 28.3 Å². The highest BCUT2D eigenvalue weighted by Gasteiger charge is 2.50. The van der Waals surface area contributed by atoms with Crippen molar-refractivity contribution >= 4 is 11.7 Å². The second kappa shape index (κ2) is 4.88. The Bertz CT molecular complexity index is 909. The van der Waals surface area contributed by atoms with Gasteiger partial charge in [0.2, 0.25) is 0 Å². The van der Waals surface area contributed by atoms with Crippen LogP contribution in [0.15, 0.2) is 30.3 Å². The number of aromatic hydroxyl groups is 1. The van der Waals surface area contributed by atoms with Crippen molar-refractivity contribution in [1.29, 1.82) is 0 Å². The fraction of sp³-hybridized carbons (Fsp3) is 0.316. The van der Waals surface area contributed by atoms with Gasteiger partial charge in [0.25, 0.3) is 0 Å². The number of hydrogen-bond acceptors (Lipinski definition) is 4. The van der Waals surface area contributed by atoms with E-state index in [1.54, 1.807) is 24.3 Å². The summed E-state index contributed by atoms with van der Waals surface area (Å²) < 4.78 is 20.0. The molecule has 1 fully saturated rings. The first-order chi connectivity index (χ1) is 12.0. The molecule has 2 heterocycles. The zero-order valence-corrected chi connectivity index (χ0v) is 13.2. The van der Waals surface area contributed by atoms with Crippen molar-refractivity contribution in [3.05, 3.63) is 52.8 Å². The molecule has 0 bridgehead atoms. The number of rotatable bonds is 2. The molecule has 6 heteroatoms. The second-order valence-electron chi connectivity index (χ2n) is 6.95. The maximum Gasteiger partial charge on any atom is 0.330 e. The summed E-state index contributed by atoms with van der Waals surface area (Å²) in [6.45, 7) is 0. The second-order valence-corrected chi connectivity index (χ2v) is 6.95. The quantitative estimate of drug-likeness (QED) is 0.782. The maximum absolute atomic E-state index is 14.2. The number of phenols is 1. The lowest BCUT2D eigenvalue weighted by Gasteiger charge is -2.35. The number of carboxylic acid groups (broad SMARTS) is 1. The van der Waals surface area contributed by atoms with Crippen LogP contribution in [-0.2, 0) is 4.79 Å². The van der Waals surface area contributed by atoms with Gasteiger partial charge in [0.15, 0.2) is 17.6 Å². The first-order valence-corrected chi connectivity index (χ1v) is 8.36. The van der Waals surface area contributed by atoms with Gasteiger partial charge in [0.1, 0.15) is 11.9 Å². The summed E-state index contributed by atoms with van der Waals surface area (Å²) in [6.07, 6.45) is 1.35. The van der Waals surface area contributed by atoms with Crippen LogP contribution in [0.4, 0.5) is 10.1 Å². The number of hydrogen-bond donors (Lipinski definition) is 3. The Labute approximate surface area is 143 Å². The number of nitrogens with one attached hydrogen (secondary N) is 1. The summed E-state index contributed by atoms with van der Waals surface area (Å²) in [5.41, 5.74) is 3.19. The summed E-state index contributed by atoms with van der Waals surface area (Å²) in [6, 6.07) is 7.00. The summed E-state index contributed by atoms with van der Waals surface area (Å²) in [5, 5.41) is 22.7. The van der Waals surface area contributed by atoms with Crippen LogP contribution >= 0.6 is 0 Å². The Kier molecular flexibility index (Phi) is 2.84. The number of aliphatic carboxylic acids is 1. The molecule has 3 aliphatic rings. The van der Waals surface area contributed by atoms with E-state index >= 15 is 0 Å². The normalized spacial score (nSPS) is 26.0. The molecular weight excluding hydrogens is 325 g/mol. The Hall–Kier alpha value is -2.76. The van der Waals surface area contributed by atoms with Gasteiger partial charge >= 0.3 is 5.97 Å². The van der Waals surface area contributed by atoms with Gasteiger partial charge in [0, 0.05) is 17.3 Å². The molecule has 1 aliphatic carbocycles. The number of anilines is 1. The smallest absolute Gasteiger partial charge is 0.330 e. The number of benzene rings is 2. The van der Waals surface area contributed by atoms with Crippen LogP contribution < -0.4 is 10.1 Å². The van der Waals surface area contributed by atoms with Gasteiger partial charge in [-0.3, -0.25) is 0 Å². The van der Waals surface area contributed by atoms with Crippen molar-refractivity contribution in [2.24, 2.45) is 0 Å². The lowest BCUT2D eigenvalue weighted by molar-refractivity contribution is -0.140. The summed E-state index contributed by atoms with van der Waals surface area (Å²) >= 11 is 0. The van der Waals surface area contributed by atoms with E-state index in [9.17, 15) is 19.4 Å². The molecule has 3 unspecified atom stereocenters. The average Bonchev–Trinajstić information content (AvgIpc) is 3.34. The number of fused-ring (bicyclic) bond motifs is 5. The molecular formula is C19H16FNO4. The fourth-order valence-electron chi connectivity index (χ4n) is 4.17. The molecule has 128 valence electrons. The zero-order valence-electron chi connectivity index (χ0n) is 13.2. The largest absolute Gasteiger partial charge is 0.508 e. The van der Waals surface area contributed by atoms with E-state index < -0.39 is 23.9 Å². The zero-order chi connectivity index (χ0) is 17.3. The van der Waals surface area contributed by atoms with E-state index in [1.165, 1.54) is 6.07 Å². The number of phenolic OH excluding ortho intramolecular Hbond substituents is 1. The minimum Gasteiger partial charge on any atom is -0.508 e. The van der Waals surface area contributed by atoms with Crippen molar-refractivity contribution in [2.75, 3.05) is 5.32 Å². The lowest BCUT2D eigenvalue weighted by Crippen LogP contribution is -2.48. The highest BCUT2D eigenvalue weighted by molar-refractivity contribution is 5.83. The standard InChI is InChI=1S/C19H16FNO4/c20-12-3-1-2-10-15-14-11(8-4-5-8)6-9(22)7-13(14)21-16(19(23)24)18(15)25-17(10)12/h1-3,6-8,15-16,18,21-22H,4-5H2,(H,23,24). The minimum atomic E-state index is -1.06. The van der Waals surface area contributed by atoms with Crippen molar-refractivity contribution in [1.82, 2.24) is 0 Å². The molecule has 0 radical (unpaired) electrons. The third kappa shape index (κ3) is 2.03. The first-order valence-electron chi connectivity index (χ1n) is 8.36. The van der Waals surface area contributed by atoms with Crippen LogP contribution in [0.3, 0.4) is 0 Å². The molecule has 25 heavy (non-hydrogen) atoms. The van der Waals surface area contributed by atoms with Crippen molar-refractivity contribution in [3.8, 4) is 11.5 Å². The van der Waals surface area contributed by atoms with Gasteiger partial charge in [-0.15, -0.1) is 0 Å². The highest BCUT2D eigenvalue weighted by Crippen LogP contribution is 2.55. The molecule has 5 rings (SSSR count). The molecule has 2 aromatic rings. The van der Waals surface area contributed by atoms with Crippen LogP contribution in [0.2, 0.25) is 0 Å². The monoisotopic (exact) mass is 341 g/mol. The predicted molar refractivity (Wildman–Crippen MR) is 87.8 cm³/mol. The molecule has 3 atom stereocenters. The average molecular weight is 341 g/mol. The van der Waals surface area contributed by atoms with E-state index in [2.05, 4.69) is 5.32 Å². The molecule has 0 saturated heterocycles. The number of carbonyl (C=O) groups is 1. The van der Waals surface area contributed by atoms with Crippen LogP contribution in [0, 0.1) is 5.82 Å². The van der Waals surface area contributed by atoms with Gasteiger partial charge in [0.05, 0.1) is 5.92 Å². The Balaban J connectivity index is 1.77. The summed E-state index contributed by atoms with van der Waals surface area (Å²) in [5.74, 6) is -1.32. The topological polar surface area (TPSA) is 78.8 Å². The SMILES string of the molecule is O=C(O)C1Nc2cc(O)cc(C3CC3)c2C2c3cccc(F)c3OC12. The van der Waals surface area contributed by atoms with Gasteiger partial charge in [-0.05, 0) is 42.0 Å². The number of halogens is 1. The van der Waals surface area contributed by atoms with E-state index in [0.29, 0.717) is 17.2 Å². The van der Waals surface area contributed by atoms with E-state index in [4.69, 9.17) is 4.74 Å². The Morgan fingerprint density at radius 1 is 1.24 bits per heavy atom. The molecule has 0 aromatic heterocycles. The fourth-order valence-corrected chi connectivity index (χ4v) is 4.17. The number of carboxylic acids is 1. The number of para-hydroxylation sites is 1. The molecule has 0 amide bonds. The van der Waals surface area contributed by atoms with Gasteiger partial charge < -0.3 is 20.3 Å². The first kappa shape index (κ1) is 14.6. The van der Waals surface area contributed by atoms with E-state index in [-0.39, 0.29) is 17.4 Å². The highest BCUT2D eigenvalue weighted by atomic mass is 19.1. The molecule has 0 spiro atoms. The van der Waals surface area contributed by atoms with Crippen molar-refractivity contribution in [3.63, 3.8) is 0 Å². The molecule has 5 nitrogen and oxygen atoms in total. The third-order valence-electron chi connectivity index (χ3n) is 5.35. The third-order valence-corrected chi connectivity index (χ3v) is 5.35. The number of ether oxygens (including phenoxy) is 1. The van der Waals surface area contributed by atoms with Crippen LogP contribution in [0.5, 0.6) is 11.5 Å². The maximum atomic E-state index is 14.2. The van der Waals surface area contributed by atoms with Gasteiger partial charge in [-0.1, -0.05) is 12.1 Å².